The zero-order valence-corrected chi connectivity index (χ0v) is 19.1. The van der Waals surface area contributed by atoms with E-state index in [1.54, 1.807) is 12.1 Å². The van der Waals surface area contributed by atoms with Crippen molar-refractivity contribution in [2.24, 2.45) is 21.8 Å². The summed E-state index contributed by atoms with van der Waals surface area (Å²) in [4.78, 5) is 12.7. The Labute approximate surface area is 189 Å². The highest BCUT2D eigenvalue weighted by Gasteiger charge is 2.20. The number of unbranched alkanes of at least 4 members (excludes halogenated alkanes) is 2. The van der Waals surface area contributed by atoms with Gasteiger partial charge in [-0.05, 0) is 43.5 Å². The molecule has 0 aliphatic carbocycles. The van der Waals surface area contributed by atoms with Crippen LogP contribution in [0.1, 0.15) is 44.6 Å². The van der Waals surface area contributed by atoms with E-state index in [9.17, 15) is 10.0 Å². The third-order valence-corrected chi connectivity index (χ3v) is 4.62. The molecule has 1 unspecified atom stereocenters. The number of hydrazone groups is 1. The molecule has 0 saturated heterocycles. The molecule has 0 fully saturated rings. The van der Waals surface area contributed by atoms with E-state index in [1.807, 2.05) is 0 Å². The van der Waals surface area contributed by atoms with Crippen molar-refractivity contribution in [2.75, 3.05) is 27.4 Å². The van der Waals surface area contributed by atoms with Crippen LogP contribution in [0, 0.1) is 0 Å². The summed E-state index contributed by atoms with van der Waals surface area (Å²) in [6.07, 6.45) is 5.27. The number of benzene rings is 1. The molecule has 1 atom stereocenters. The van der Waals surface area contributed by atoms with Gasteiger partial charge in [-0.15, -0.1) is 0 Å². The lowest BCUT2D eigenvalue weighted by molar-refractivity contribution is -0.115. The Morgan fingerprint density at radius 2 is 1.91 bits per heavy atom. The summed E-state index contributed by atoms with van der Waals surface area (Å²) in [6.45, 7) is 3.00. The zero-order chi connectivity index (χ0) is 23.8. The number of nitrogens with one attached hydrogen (secondary N) is 2. The minimum atomic E-state index is -0.520. The van der Waals surface area contributed by atoms with E-state index in [-0.39, 0.29) is 12.1 Å². The van der Waals surface area contributed by atoms with Crippen LogP contribution < -0.4 is 36.4 Å². The number of rotatable bonds is 16. The average molecular weight is 453 g/mol. The number of nitrogens with two attached hydrogens (primary N) is 2. The predicted octanol–water partition coefficient (Wildman–Crippen LogP) is 1.32. The fraction of sp³-hybridized carbons (Fsp3) is 0.571. The highest BCUT2D eigenvalue weighted by Crippen LogP contribution is 2.38. The summed E-state index contributed by atoms with van der Waals surface area (Å²) >= 11 is 0. The summed E-state index contributed by atoms with van der Waals surface area (Å²) in [5.41, 5.74) is 6.09. The minimum Gasteiger partial charge on any atom is -0.493 e. The Bertz CT molecular complexity index is 731. The molecule has 0 saturated carbocycles. The fourth-order valence-electron chi connectivity index (χ4n) is 2.96. The van der Waals surface area contributed by atoms with Crippen molar-refractivity contribution in [3.05, 3.63) is 17.7 Å². The first-order valence-electron chi connectivity index (χ1n) is 10.6. The molecule has 11 nitrogen and oxygen atoms in total. The van der Waals surface area contributed by atoms with Gasteiger partial charge in [0, 0.05) is 6.42 Å². The smallest absolute Gasteiger partial charge is 0.271 e. The number of carbonyl (C=O) groups excluding carboxylic acids is 1. The van der Waals surface area contributed by atoms with Crippen LogP contribution in [0.5, 0.6) is 17.2 Å². The Kier molecular flexibility index (Phi) is 13.1. The van der Waals surface area contributed by atoms with Gasteiger partial charge in [0.2, 0.25) is 5.75 Å². The number of nitrogens with zero attached hydrogens (tertiary/aromatic N) is 2. The third kappa shape index (κ3) is 8.88. The number of amides is 1. The Morgan fingerprint density at radius 1 is 1.22 bits per heavy atom. The first kappa shape index (κ1) is 26.8. The molecule has 0 spiro atoms. The van der Waals surface area contributed by atoms with Crippen LogP contribution in [-0.4, -0.2) is 56.7 Å². The second kappa shape index (κ2) is 15.6. The molecular weight excluding hydrogens is 416 g/mol. The molecule has 0 radical (unpaired) electrons. The first-order valence-corrected chi connectivity index (χ1v) is 10.6. The molecule has 180 valence electrons. The highest BCUT2D eigenvalue weighted by molar-refractivity contribution is 6.39. The molecule has 1 aromatic rings. The van der Waals surface area contributed by atoms with E-state index in [4.69, 9.17) is 25.8 Å². The lowest BCUT2D eigenvalue weighted by atomic mass is 10.1. The van der Waals surface area contributed by atoms with Crippen molar-refractivity contribution in [1.82, 2.24) is 10.6 Å². The van der Waals surface area contributed by atoms with Crippen molar-refractivity contribution < 1.29 is 24.2 Å². The molecule has 1 amide bonds. The van der Waals surface area contributed by atoms with Gasteiger partial charge in [0.15, 0.2) is 11.5 Å². The number of hydrogen-bond donors (Lipinski definition) is 5. The van der Waals surface area contributed by atoms with Crippen LogP contribution >= 0.6 is 0 Å². The summed E-state index contributed by atoms with van der Waals surface area (Å²) in [5, 5.41) is 21.8. The predicted molar refractivity (Wildman–Crippen MR) is 124 cm³/mol. The SMILES string of the molecule is CCCCCC(NC=NN)NC(=O)C(Cc1cc(OC)c(OCCCN)c(OC)c1)=NO. The van der Waals surface area contributed by atoms with Crippen molar-refractivity contribution in [2.45, 2.75) is 51.6 Å². The molecule has 0 aromatic heterocycles. The first-order chi connectivity index (χ1) is 15.5. The standard InChI is InChI=1S/C21H36N6O5/c1-4-5-6-8-19(24-14-25-23)26-21(28)16(27-29)11-15-12-17(30-2)20(18(13-15)31-3)32-10-7-9-22/h12-14,19,29H,4-11,22-23H2,1-3H3,(H,24,25)(H,26,28). The summed E-state index contributed by atoms with van der Waals surface area (Å²) in [7, 11) is 3.02. The summed E-state index contributed by atoms with van der Waals surface area (Å²) in [6, 6.07) is 3.41. The van der Waals surface area contributed by atoms with Crippen molar-refractivity contribution in [3.8, 4) is 17.2 Å². The van der Waals surface area contributed by atoms with Crippen LogP contribution in [-0.2, 0) is 11.2 Å². The quantitative estimate of drug-likeness (QED) is 0.0476. The maximum Gasteiger partial charge on any atom is 0.271 e. The molecule has 0 bridgehead atoms. The summed E-state index contributed by atoms with van der Waals surface area (Å²) in [5.74, 6) is 5.95. The zero-order valence-electron chi connectivity index (χ0n) is 19.1. The largest absolute Gasteiger partial charge is 0.493 e. The van der Waals surface area contributed by atoms with Gasteiger partial charge in [0.1, 0.15) is 12.1 Å². The van der Waals surface area contributed by atoms with Gasteiger partial charge in [-0.1, -0.05) is 24.9 Å². The number of oxime groups is 1. The molecule has 7 N–H and O–H groups in total. The maximum atomic E-state index is 12.7. The minimum absolute atomic E-state index is 0.0464. The summed E-state index contributed by atoms with van der Waals surface area (Å²) < 4.78 is 16.6. The van der Waals surface area contributed by atoms with Crippen LogP contribution in [0.2, 0.25) is 0 Å². The van der Waals surface area contributed by atoms with Gasteiger partial charge in [-0.2, -0.15) is 5.10 Å². The molecule has 1 aromatic carbocycles. The molecule has 0 aliphatic rings. The van der Waals surface area contributed by atoms with Crippen LogP contribution in [0.3, 0.4) is 0 Å². The van der Waals surface area contributed by atoms with Crippen molar-refractivity contribution in [1.29, 1.82) is 0 Å². The highest BCUT2D eigenvalue weighted by atomic mass is 16.5. The van der Waals surface area contributed by atoms with E-state index in [1.165, 1.54) is 20.6 Å². The topological polar surface area (TPSA) is 166 Å². The van der Waals surface area contributed by atoms with E-state index in [2.05, 4.69) is 27.8 Å². The van der Waals surface area contributed by atoms with Gasteiger partial charge in [-0.3, -0.25) is 4.79 Å². The van der Waals surface area contributed by atoms with Gasteiger partial charge >= 0.3 is 0 Å². The van der Waals surface area contributed by atoms with Gasteiger partial charge in [0.25, 0.3) is 5.91 Å². The number of hydrogen-bond acceptors (Lipinski definition) is 9. The van der Waals surface area contributed by atoms with Gasteiger partial charge in [-0.25, -0.2) is 0 Å². The maximum absolute atomic E-state index is 12.7. The van der Waals surface area contributed by atoms with Crippen LogP contribution in [0.25, 0.3) is 0 Å². The third-order valence-electron chi connectivity index (χ3n) is 4.62. The van der Waals surface area contributed by atoms with E-state index >= 15 is 0 Å². The van der Waals surface area contributed by atoms with Crippen LogP contribution in [0.15, 0.2) is 22.4 Å². The second-order valence-corrected chi connectivity index (χ2v) is 7.01. The number of carbonyl (C=O) groups is 1. The lowest BCUT2D eigenvalue weighted by Crippen LogP contribution is -2.47. The molecule has 32 heavy (non-hydrogen) atoms. The van der Waals surface area contributed by atoms with Gasteiger partial charge < -0.3 is 41.6 Å². The van der Waals surface area contributed by atoms with Crippen molar-refractivity contribution >= 4 is 18.0 Å². The number of ether oxygens (including phenoxy) is 3. The second-order valence-electron chi connectivity index (χ2n) is 7.01. The molecule has 0 heterocycles. The van der Waals surface area contributed by atoms with E-state index < -0.39 is 12.1 Å². The molecule has 0 aliphatic heterocycles. The monoisotopic (exact) mass is 452 g/mol. The number of methoxy groups -OCH3 is 2. The lowest BCUT2D eigenvalue weighted by Gasteiger charge is -2.19. The van der Waals surface area contributed by atoms with E-state index in [0.29, 0.717) is 48.8 Å². The van der Waals surface area contributed by atoms with E-state index in [0.717, 1.165) is 19.3 Å². The molecule has 11 heteroatoms. The average Bonchev–Trinajstić information content (AvgIpc) is 2.81. The fourth-order valence-corrected chi connectivity index (χ4v) is 2.96. The molecular formula is C21H36N6O5. The normalized spacial score (nSPS) is 12.4. The van der Waals surface area contributed by atoms with Crippen molar-refractivity contribution in [3.63, 3.8) is 0 Å². The van der Waals surface area contributed by atoms with Crippen LogP contribution in [0.4, 0.5) is 0 Å². The Hall–Kier alpha value is -3.21. The van der Waals surface area contributed by atoms with Gasteiger partial charge in [0.05, 0.1) is 27.0 Å². The Balaban J connectivity index is 2.97. The Morgan fingerprint density at radius 3 is 2.44 bits per heavy atom. The molecule has 1 rings (SSSR count).